The molecule has 1 aliphatic carbocycles. The monoisotopic (exact) mass is 522 g/mol. The Morgan fingerprint density at radius 3 is 2.59 bits per heavy atom. The van der Waals surface area contributed by atoms with E-state index in [1.807, 2.05) is 45.9 Å². The normalized spacial score (nSPS) is 17.2. The quantitative estimate of drug-likeness (QED) is 0.269. The molecule has 2 unspecified atom stereocenters. The number of fused-ring (bicyclic) bond motifs is 1. The molecular weight excluding hydrogens is 476 g/mol. The Labute approximate surface area is 230 Å². The van der Waals surface area contributed by atoms with Crippen molar-refractivity contribution >= 4 is 34.8 Å². The molecule has 5 heteroatoms. The van der Waals surface area contributed by atoms with E-state index in [4.69, 9.17) is 0 Å². The number of benzene rings is 1. The van der Waals surface area contributed by atoms with Gasteiger partial charge in [0.25, 0.3) is 0 Å². The molecular formula is C32H46N2O2S. The summed E-state index contributed by atoms with van der Waals surface area (Å²) in [5.41, 5.74) is 5.57. The highest BCUT2D eigenvalue weighted by Gasteiger charge is 2.22. The Morgan fingerprint density at radius 2 is 1.95 bits per heavy atom. The molecule has 0 amide bonds. The molecule has 1 aromatic heterocycles. The number of allylic oxidation sites excluding steroid dienone is 3. The van der Waals surface area contributed by atoms with Gasteiger partial charge in [0.2, 0.25) is 0 Å². The second-order valence-corrected chi connectivity index (χ2v) is 10.4. The van der Waals surface area contributed by atoms with Crippen molar-refractivity contribution in [1.82, 2.24) is 0 Å². The van der Waals surface area contributed by atoms with Gasteiger partial charge in [0.15, 0.2) is 11.6 Å². The van der Waals surface area contributed by atoms with Gasteiger partial charge in [0, 0.05) is 39.2 Å². The zero-order chi connectivity index (χ0) is 27.4. The van der Waals surface area contributed by atoms with Gasteiger partial charge in [-0.15, -0.1) is 11.3 Å². The predicted molar refractivity (Wildman–Crippen MR) is 164 cm³/mol. The average molecular weight is 523 g/mol. The van der Waals surface area contributed by atoms with Crippen molar-refractivity contribution in [1.29, 1.82) is 0 Å². The van der Waals surface area contributed by atoms with Crippen molar-refractivity contribution < 1.29 is 12.4 Å². The second kappa shape index (κ2) is 15.4. The molecule has 1 aliphatic heterocycles. The zero-order valence-corrected chi connectivity index (χ0v) is 24.3. The Kier molecular flexibility index (Phi) is 12.6. The highest BCUT2D eigenvalue weighted by atomic mass is 32.1. The molecule has 4 rings (SSSR count). The van der Waals surface area contributed by atoms with E-state index >= 15 is 0 Å². The third kappa shape index (κ3) is 8.29. The van der Waals surface area contributed by atoms with Crippen LogP contribution >= 0.6 is 11.3 Å². The van der Waals surface area contributed by atoms with Crippen LogP contribution in [0.1, 0.15) is 108 Å². The van der Waals surface area contributed by atoms with Crippen LogP contribution in [-0.2, 0) is 11.2 Å². The third-order valence-corrected chi connectivity index (χ3v) is 8.09. The molecule has 2 aromatic rings. The number of ketones is 2. The van der Waals surface area contributed by atoms with Crippen molar-refractivity contribution in [2.24, 2.45) is 9.98 Å². The number of aliphatic imine (C=N–C) groups is 2. The summed E-state index contributed by atoms with van der Waals surface area (Å²) in [6, 6.07) is 12.6. The molecule has 0 spiro atoms. The van der Waals surface area contributed by atoms with Gasteiger partial charge in [-0.25, -0.2) is 0 Å². The van der Waals surface area contributed by atoms with E-state index in [0.717, 1.165) is 33.2 Å². The summed E-state index contributed by atoms with van der Waals surface area (Å²) < 4.78 is 0. The van der Waals surface area contributed by atoms with E-state index in [9.17, 15) is 9.59 Å². The molecule has 2 aliphatic rings. The zero-order valence-electron chi connectivity index (χ0n) is 23.5. The molecule has 0 N–H and O–H groups in total. The van der Waals surface area contributed by atoms with E-state index in [2.05, 4.69) is 41.2 Å². The Bertz CT molecular complexity index is 1190. The van der Waals surface area contributed by atoms with E-state index in [0.29, 0.717) is 12.1 Å². The molecule has 4 nitrogen and oxygen atoms in total. The first-order valence-electron chi connectivity index (χ1n) is 13.4. The maximum atomic E-state index is 12.8. The molecule has 202 valence electrons. The summed E-state index contributed by atoms with van der Waals surface area (Å²) in [5, 5.41) is 0. The fourth-order valence-electron chi connectivity index (χ4n) is 4.61. The van der Waals surface area contributed by atoms with E-state index in [-0.39, 0.29) is 20.3 Å². The fourth-order valence-corrected chi connectivity index (χ4v) is 5.57. The number of rotatable bonds is 7. The number of thiophene rings is 1. The summed E-state index contributed by atoms with van der Waals surface area (Å²) in [5.74, 6) is 0.959. The SMILES string of the molecule is CC.CCC1CCc2ccccc21.CN=CC1=C(C)CC=CN=C1C(=O)CC(C)c1ccc(C(C)=O)s1.[HH].[HH]. The molecule has 0 fully saturated rings. The maximum Gasteiger partial charge on any atom is 0.182 e. The lowest BCUT2D eigenvalue weighted by Crippen LogP contribution is -2.20. The van der Waals surface area contributed by atoms with Gasteiger partial charge in [-0.3, -0.25) is 19.6 Å². The van der Waals surface area contributed by atoms with Crippen LogP contribution in [0.15, 0.2) is 69.8 Å². The van der Waals surface area contributed by atoms with Crippen molar-refractivity contribution in [2.45, 2.75) is 85.5 Å². The standard InChI is InChI=1S/C19H22N2O2S.C11H14.C2H6.2H2/c1-12-6-5-9-21-19(15(12)11-20-4)16(23)10-13(2)17-7-8-18(24-17)14(3)22;1-2-9-7-8-10-5-3-4-6-11(9)10;1-2;;/h5,7-9,11,13H,6,10H2,1-4H3;3-6,9H,2,7-8H2,1H3;1-2H3;2*1H. The topological polar surface area (TPSA) is 58.9 Å². The first-order valence-corrected chi connectivity index (χ1v) is 14.2. The Morgan fingerprint density at radius 1 is 1.22 bits per heavy atom. The molecule has 0 saturated carbocycles. The molecule has 0 bridgehead atoms. The third-order valence-electron chi connectivity index (χ3n) is 6.67. The maximum absolute atomic E-state index is 12.8. The predicted octanol–water partition coefficient (Wildman–Crippen LogP) is 9.03. The molecule has 1 aromatic carbocycles. The second-order valence-electron chi connectivity index (χ2n) is 9.28. The molecule has 37 heavy (non-hydrogen) atoms. The Balaban J connectivity index is 0.000000806. The lowest BCUT2D eigenvalue weighted by atomic mass is 9.94. The van der Waals surface area contributed by atoms with Gasteiger partial charge in [0.05, 0.1) is 4.88 Å². The first kappa shape index (κ1) is 30.3. The van der Waals surface area contributed by atoms with Gasteiger partial charge in [-0.2, -0.15) is 0 Å². The molecule has 2 heterocycles. The lowest BCUT2D eigenvalue weighted by Gasteiger charge is -2.11. The van der Waals surface area contributed by atoms with Crippen LogP contribution in [-0.4, -0.2) is 30.5 Å². The minimum atomic E-state index is 0. The van der Waals surface area contributed by atoms with Gasteiger partial charge < -0.3 is 0 Å². The molecule has 2 atom stereocenters. The summed E-state index contributed by atoms with van der Waals surface area (Å²) in [6.07, 6.45) is 10.4. The van der Waals surface area contributed by atoms with Crippen LogP contribution in [0.5, 0.6) is 0 Å². The number of carbonyl (C=O) groups is 2. The number of carbonyl (C=O) groups excluding carboxylic acids is 2. The Hall–Kier alpha value is -2.92. The van der Waals surface area contributed by atoms with Crippen LogP contribution in [0.3, 0.4) is 0 Å². The summed E-state index contributed by atoms with van der Waals surface area (Å²) in [7, 11) is 1.69. The highest BCUT2D eigenvalue weighted by Crippen LogP contribution is 2.34. The number of aryl methyl sites for hydroxylation is 1. The van der Waals surface area contributed by atoms with Crippen molar-refractivity contribution in [3.05, 3.63) is 80.7 Å². The van der Waals surface area contributed by atoms with E-state index < -0.39 is 0 Å². The number of hydrogen-bond acceptors (Lipinski definition) is 5. The summed E-state index contributed by atoms with van der Waals surface area (Å²) in [6.45, 7) is 11.8. The smallest absolute Gasteiger partial charge is 0.182 e. The number of hydrogen-bond donors (Lipinski definition) is 0. The lowest BCUT2D eigenvalue weighted by molar-refractivity contribution is -0.113. The molecule has 0 radical (unpaired) electrons. The first-order chi connectivity index (χ1) is 17.8. The molecule has 0 saturated heterocycles. The van der Waals surface area contributed by atoms with Gasteiger partial charge >= 0.3 is 0 Å². The minimum Gasteiger partial charge on any atom is -0.296 e. The minimum absolute atomic E-state index is 0. The fraction of sp³-hybridized carbons (Fsp3) is 0.438. The van der Waals surface area contributed by atoms with Crippen LogP contribution in [0.2, 0.25) is 0 Å². The average Bonchev–Trinajstić information content (AvgIpc) is 3.53. The van der Waals surface area contributed by atoms with Crippen LogP contribution in [0.4, 0.5) is 0 Å². The summed E-state index contributed by atoms with van der Waals surface area (Å²) >= 11 is 1.46. The van der Waals surface area contributed by atoms with Gasteiger partial charge in [0.1, 0.15) is 5.71 Å². The van der Waals surface area contributed by atoms with Crippen molar-refractivity contribution in [3.8, 4) is 0 Å². The summed E-state index contributed by atoms with van der Waals surface area (Å²) in [4.78, 5) is 34.4. The van der Waals surface area contributed by atoms with Crippen LogP contribution in [0.25, 0.3) is 0 Å². The van der Waals surface area contributed by atoms with Crippen molar-refractivity contribution in [3.63, 3.8) is 0 Å². The van der Waals surface area contributed by atoms with E-state index in [1.54, 1.807) is 37.5 Å². The van der Waals surface area contributed by atoms with Gasteiger partial charge in [-0.05, 0) is 74.6 Å². The van der Waals surface area contributed by atoms with E-state index in [1.165, 1.54) is 30.6 Å². The van der Waals surface area contributed by atoms with Gasteiger partial charge in [-0.1, -0.05) is 63.6 Å². The largest absolute Gasteiger partial charge is 0.296 e. The van der Waals surface area contributed by atoms with Crippen LogP contribution < -0.4 is 0 Å². The van der Waals surface area contributed by atoms with Crippen LogP contribution in [0, 0.1) is 0 Å². The number of Topliss-reactive ketones (excluding diaryl/α,β-unsaturated/α-hetero) is 2. The van der Waals surface area contributed by atoms with Crippen molar-refractivity contribution in [2.75, 3.05) is 7.05 Å². The number of nitrogens with zero attached hydrogens (tertiary/aromatic N) is 2. The highest BCUT2D eigenvalue weighted by molar-refractivity contribution is 7.14.